The van der Waals surface area contributed by atoms with E-state index in [1.165, 1.54) is 37.7 Å². The maximum atomic E-state index is 13.3. The van der Waals surface area contributed by atoms with Gasteiger partial charge in [0.1, 0.15) is 0 Å². The maximum absolute atomic E-state index is 13.3. The van der Waals surface area contributed by atoms with Crippen LogP contribution in [0, 0.1) is 12.3 Å². The highest BCUT2D eigenvalue weighted by atomic mass is 32.2. The Morgan fingerprint density at radius 1 is 1.12 bits per heavy atom. The lowest BCUT2D eigenvalue weighted by Gasteiger charge is -2.33. The topological polar surface area (TPSA) is 37.4 Å². The second-order valence-corrected chi connectivity index (χ2v) is 9.83. The molecule has 0 radical (unpaired) electrons. The van der Waals surface area contributed by atoms with E-state index in [9.17, 15) is 8.42 Å². The molecule has 0 amide bonds. The Morgan fingerprint density at radius 2 is 1.75 bits per heavy atom. The van der Waals surface area contributed by atoms with E-state index in [2.05, 4.69) is 19.9 Å². The van der Waals surface area contributed by atoms with E-state index in [0.717, 1.165) is 12.0 Å². The summed E-state index contributed by atoms with van der Waals surface area (Å²) >= 11 is 0. The van der Waals surface area contributed by atoms with E-state index in [1.807, 2.05) is 19.1 Å². The van der Waals surface area contributed by atoms with E-state index >= 15 is 0 Å². The van der Waals surface area contributed by atoms with E-state index < -0.39 is 10.0 Å². The molecule has 0 aromatic heterocycles. The van der Waals surface area contributed by atoms with Crippen LogP contribution >= 0.6 is 0 Å². The van der Waals surface area contributed by atoms with Crippen molar-refractivity contribution in [3.63, 3.8) is 0 Å². The van der Waals surface area contributed by atoms with Crippen molar-refractivity contribution in [3.8, 4) is 0 Å². The molecule has 0 N–H and O–H groups in total. The lowest BCUT2D eigenvalue weighted by atomic mass is 9.72. The van der Waals surface area contributed by atoms with E-state index in [4.69, 9.17) is 0 Å². The Kier molecular flexibility index (Phi) is 4.89. The number of aryl methyl sites for hydroxylation is 1. The van der Waals surface area contributed by atoms with Crippen LogP contribution in [-0.2, 0) is 10.0 Å². The molecule has 2 aliphatic rings. The molecule has 2 fully saturated rings. The van der Waals surface area contributed by atoms with Gasteiger partial charge in [-0.15, -0.1) is 0 Å². The fourth-order valence-electron chi connectivity index (χ4n) is 4.36. The molecule has 132 valence electrons. The number of hydrogen-bond acceptors (Lipinski definition) is 2. The summed E-state index contributed by atoms with van der Waals surface area (Å²) in [6.07, 6.45) is 9.22. The van der Waals surface area contributed by atoms with Gasteiger partial charge in [-0.3, -0.25) is 0 Å². The molecule has 3 rings (SSSR count). The van der Waals surface area contributed by atoms with Crippen LogP contribution < -0.4 is 0 Å². The first-order valence-corrected chi connectivity index (χ1v) is 10.5. The number of benzene rings is 1. The van der Waals surface area contributed by atoms with Crippen molar-refractivity contribution >= 4 is 10.0 Å². The Balaban J connectivity index is 1.96. The van der Waals surface area contributed by atoms with Crippen LogP contribution in [-0.4, -0.2) is 25.3 Å². The average molecular weight is 348 g/mol. The molecule has 1 aliphatic heterocycles. The van der Waals surface area contributed by atoms with Gasteiger partial charge in [-0.25, -0.2) is 8.42 Å². The first-order valence-electron chi connectivity index (χ1n) is 9.06. The molecule has 1 aromatic carbocycles. The molecular weight excluding hydrogens is 318 g/mol. The number of sulfonamides is 1. The summed E-state index contributed by atoms with van der Waals surface area (Å²) in [5.74, 6) is 0. The van der Waals surface area contributed by atoms with Gasteiger partial charge >= 0.3 is 0 Å². The third-order valence-corrected chi connectivity index (χ3v) is 7.46. The second kappa shape index (κ2) is 6.64. The quantitative estimate of drug-likeness (QED) is 0.745. The predicted molar refractivity (Wildman–Crippen MR) is 98.4 cm³/mol. The van der Waals surface area contributed by atoms with Gasteiger partial charge in [-0.2, -0.15) is 4.31 Å². The van der Waals surface area contributed by atoms with Gasteiger partial charge in [-0.05, 0) is 57.6 Å². The zero-order valence-corrected chi connectivity index (χ0v) is 15.9. The molecule has 1 atom stereocenters. The Hall–Kier alpha value is -1.13. The number of rotatable bonds is 3. The highest BCUT2D eigenvalue weighted by Gasteiger charge is 2.48. The summed E-state index contributed by atoms with van der Waals surface area (Å²) in [5, 5.41) is 0. The van der Waals surface area contributed by atoms with Crippen LogP contribution in [0.1, 0.15) is 57.9 Å². The van der Waals surface area contributed by atoms with Crippen LogP contribution in [0.25, 0.3) is 0 Å². The lowest BCUT2D eigenvalue weighted by molar-refractivity contribution is 0.205. The van der Waals surface area contributed by atoms with Gasteiger partial charge in [0.25, 0.3) is 0 Å². The Bertz CT molecular complexity index is 709. The number of hydrogen-bond donors (Lipinski definition) is 0. The Morgan fingerprint density at radius 3 is 2.33 bits per heavy atom. The monoisotopic (exact) mass is 347 g/mol. The third-order valence-electron chi connectivity index (χ3n) is 5.57. The highest BCUT2D eigenvalue weighted by molar-refractivity contribution is 7.89. The maximum Gasteiger partial charge on any atom is 0.243 e. The van der Waals surface area contributed by atoms with Crippen LogP contribution in [0.5, 0.6) is 0 Å². The van der Waals surface area contributed by atoms with E-state index in [-0.39, 0.29) is 11.5 Å². The highest BCUT2D eigenvalue weighted by Crippen LogP contribution is 2.48. The Labute approximate surface area is 146 Å². The molecule has 4 heteroatoms. The summed E-state index contributed by atoms with van der Waals surface area (Å²) in [4.78, 5) is 0.424. The van der Waals surface area contributed by atoms with Crippen molar-refractivity contribution in [2.75, 3.05) is 6.54 Å². The van der Waals surface area contributed by atoms with Crippen molar-refractivity contribution < 1.29 is 8.42 Å². The summed E-state index contributed by atoms with van der Waals surface area (Å²) in [5.41, 5.74) is 2.46. The molecule has 1 unspecified atom stereocenters. The minimum atomic E-state index is -3.44. The number of allylic oxidation sites excluding steroid dienone is 1. The van der Waals surface area contributed by atoms with Gasteiger partial charge in [0.15, 0.2) is 0 Å². The molecule has 1 saturated carbocycles. The van der Waals surface area contributed by atoms with Crippen molar-refractivity contribution in [2.24, 2.45) is 5.41 Å². The SMILES string of the molecule is CC(C)=CC1CC2(CCCCC2)CN1S(=O)(=O)c1ccc(C)cc1. The molecule has 1 aliphatic carbocycles. The van der Waals surface area contributed by atoms with Crippen molar-refractivity contribution in [1.82, 2.24) is 4.31 Å². The molecule has 1 aromatic rings. The summed E-state index contributed by atoms with van der Waals surface area (Å²) < 4.78 is 28.3. The molecule has 1 saturated heterocycles. The molecule has 1 heterocycles. The van der Waals surface area contributed by atoms with E-state index in [0.29, 0.717) is 11.4 Å². The van der Waals surface area contributed by atoms with Crippen LogP contribution in [0.4, 0.5) is 0 Å². The fraction of sp³-hybridized carbons (Fsp3) is 0.600. The zero-order valence-electron chi connectivity index (χ0n) is 15.1. The molecule has 1 spiro atoms. The lowest BCUT2D eigenvalue weighted by Crippen LogP contribution is -2.36. The van der Waals surface area contributed by atoms with Crippen molar-refractivity contribution in [2.45, 2.75) is 70.2 Å². The minimum Gasteiger partial charge on any atom is -0.207 e. The van der Waals surface area contributed by atoms with Gasteiger partial charge in [-0.1, -0.05) is 48.6 Å². The third kappa shape index (κ3) is 3.45. The van der Waals surface area contributed by atoms with E-state index in [1.54, 1.807) is 16.4 Å². The molecule has 3 nitrogen and oxygen atoms in total. The smallest absolute Gasteiger partial charge is 0.207 e. The minimum absolute atomic E-state index is 0.000553. The van der Waals surface area contributed by atoms with Crippen molar-refractivity contribution in [1.29, 1.82) is 0 Å². The molecule has 0 bridgehead atoms. The van der Waals surface area contributed by atoms with Gasteiger partial charge in [0, 0.05) is 12.6 Å². The fourth-order valence-corrected chi connectivity index (χ4v) is 6.04. The predicted octanol–water partition coefficient (Wildman–Crippen LogP) is 4.67. The first-order chi connectivity index (χ1) is 11.3. The van der Waals surface area contributed by atoms with Gasteiger partial charge < -0.3 is 0 Å². The van der Waals surface area contributed by atoms with Crippen LogP contribution in [0.15, 0.2) is 40.8 Å². The average Bonchev–Trinajstić information content (AvgIpc) is 2.86. The summed E-state index contributed by atoms with van der Waals surface area (Å²) in [6.45, 7) is 6.78. The van der Waals surface area contributed by atoms with Gasteiger partial charge in [0.05, 0.1) is 4.90 Å². The van der Waals surface area contributed by atoms with Gasteiger partial charge in [0.2, 0.25) is 10.0 Å². The van der Waals surface area contributed by atoms with Crippen LogP contribution in [0.2, 0.25) is 0 Å². The number of nitrogens with zero attached hydrogens (tertiary/aromatic N) is 1. The normalized spacial score (nSPS) is 24.2. The zero-order chi connectivity index (χ0) is 17.4. The summed E-state index contributed by atoms with van der Waals surface area (Å²) in [7, 11) is -3.44. The second-order valence-electron chi connectivity index (χ2n) is 7.94. The van der Waals surface area contributed by atoms with Crippen molar-refractivity contribution in [3.05, 3.63) is 41.5 Å². The first kappa shape index (κ1) is 17.7. The standard InChI is InChI=1S/C20H29NO2S/c1-16(2)13-18-14-20(11-5-4-6-12-20)15-21(18)24(22,23)19-9-7-17(3)8-10-19/h7-10,13,18H,4-6,11-12,14-15H2,1-3H3. The molecular formula is C20H29NO2S. The molecule has 24 heavy (non-hydrogen) atoms. The van der Waals surface area contributed by atoms with Crippen LogP contribution in [0.3, 0.4) is 0 Å². The summed E-state index contributed by atoms with van der Waals surface area (Å²) in [6, 6.07) is 7.26. The largest absolute Gasteiger partial charge is 0.243 e.